The van der Waals surface area contributed by atoms with Crippen molar-refractivity contribution in [2.75, 3.05) is 11.7 Å². The van der Waals surface area contributed by atoms with E-state index in [1.165, 1.54) is 0 Å². The Morgan fingerprint density at radius 3 is 2.30 bits per heavy atom. The van der Waals surface area contributed by atoms with Crippen LogP contribution in [0.3, 0.4) is 0 Å². The summed E-state index contributed by atoms with van der Waals surface area (Å²) in [5, 5.41) is 12.1. The first-order valence-corrected chi connectivity index (χ1v) is 7.48. The number of rotatable bonds is 3. The maximum Gasteiger partial charge on any atom is 0.416 e. The normalized spacial score (nSPS) is 11.5. The van der Waals surface area contributed by atoms with Crippen LogP contribution < -0.4 is 5.73 Å². The van der Waals surface area contributed by atoms with Crippen molar-refractivity contribution in [3.8, 4) is 11.8 Å². The van der Waals surface area contributed by atoms with Gasteiger partial charge in [0.2, 0.25) is 0 Å². The predicted octanol–water partition coefficient (Wildman–Crippen LogP) is 4.67. The molecule has 23 heavy (non-hydrogen) atoms. The molecular weight excluding hydrogens is 379 g/mol. The number of nitrogens with two attached hydrogens (primary N) is 1. The summed E-state index contributed by atoms with van der Waals surface area (Å²) in [5.41, 5.74) is 4.43. The molecule has 0 saturated carbocycles. The number of benzene rings is 1. The summed E-state index contributed by atoms with van der Waals surface area (Å²) in [6, 6.07) is 2.19. The highest BCUT2D eigenvalue weighted by Crippen LogP contribution is 2.39. The van der Waals surface area contributed by atoms with Gasteiger partial charge in [-0.25, -0.2) is 9.07 Å². The van der Waals surface area contributed by atoms with Gasteiger partial charge < -0.3 is 5.73 Å². The van der Waals surface area contributed by atoms with Crippen LogP contribution in [0.1, 0.15) is 11.3 Å². The molecule has 0 aliphatic rings. The molecule has 0 saturated heterocycles. The lowest BCUT2D eigenvalue weighted by atomic mass is 10.2. The van der Waals surface area contributed by atoms with Gasteiger partial charge in [0.05, 0.1) is 20.5 Å². The summed E-state index contributed by atoms with van der Waals surface area (Å²) in [5.74, 6) is -0.146. The summed E-state index contributed by atoms with van der Waals surface area (Å²) in [4.78, 5) is 0.0574. The molecule has 4 nitrogen and oxygen atoms in total. The molecule has 2 N–H and O–H groups in total. The molecule has 1 aromatic heterocycles. The van der Waals surface area contributed by atoms with Gasteiger partial charge in [-0.1, -0.05) is 35.0 Å². The molecule has 0 aliphatic heterocycles. The van der Waals surface area contributed by atoms with E-state index in [0.717, 1.165) is 4.68 Å². The average molecular weight is 385 g/mol. The number of hydrogen-bond acceptors (Lipinski definition) is 4. The van der Waals surface area contributed by atoms with Crippen LogP contribution in [0.25, 0.3) is 5.69 Å². The number of nitriles is 1. The molecule has 0 bridgehead atoms. The van der Waals surface area contributed by atoms with Crippen LogP contribution in [-0.4, -0.2) is 15.8 Å². The summed E-state index contributed by atoms with van der Waals surface area (Å²) in [7, 11) is 0. The lowest BCUT2D eigenvalue weighted by molar-refractivity contribution is -0.137. The third-order valence-electron chi connectivity index (χ3n) is 2.74. The highest BCUT2D eigenvalue weighted by atomic mass is 35.5. The molecule has 2 rings (SSSR count). The van der Waals surface area contributed by atoms with E-state index in [9.17, 15) is 17.6 Å². The molecule has 122 valence electrons. The number of nitrogen functional groups attached to an aromatic ring is 1. The minimum Gasteiger partial charge on any atom is -0.383 e. The van der Waals surface area contributed by atoms with Crippen LogP contribution in [0.5, 0.6) is 0 Å². The fraction of sp³-hybridized carbons (Fsp3) is 0.167. The Balaban J connectivity index is 2.67. The van der Waals surface area contributed by atoms with Crippen molar-refractivity contribution in [1.82, 2.24) is 9.78 Å². The van der Waals surface area contributed by atoms with Gasteiger partial charge in [-0.15, -0.1) is 0 Å². The van der Waals surface area contributed by atoms with Gasteiger partial charge in [0.15, 0.2) is 5.69 Å². The molecule has 0 fully saturated rings. The van der Waals surface area contributed by atoms with Crippen molar-refractivity contribution in [3.63, 3.8) is 0 Å². The predicted molar refractivity (Wildman–Crippen MR) is 79.5 cm³/mol. The van der Waals surface area contributed by atoms with Crippen LogP contribution in [0.15, 0.2) is 17.0 Å². The standard InChI is InChI=1S/C12H6Cl2F4N4S/c13-6-1-5(12(16,17)18)2-7(14)9(6)22-11(20)10(23-4-15)8(3-19)21-22/h1-2H,4,20H2. The van der Waals surface area contributed by atoms with Gasteiger partial charge >= 0.3 is 6.18 Å². The zero-order chi connectivity index (χ0) is 17.4. The Bertz CT molecular complexity index is 775. The Hall–Kier alpha value is -1.63. The first-order chi connectivity index (χ1) is 10.7. The third-order valence-corrected chi connectivity index (χ3v) is 4.11. The van der Waals surface area contributed by atoms with E-state index in [-0.39, 0.29) is 32.1 Å². The van der Waals surface area contributed by atoms with Crippen molar-refractivity contribution >= 4 is 40.8 Å². The van der Waals surface area contributed by atoms with Crippen molar-refractivity contribution < 1.29 is 17.6 Å². The van der Waals surface area contributed by atoms with Crippen LogP contribution >= 0.6 is 35.0 Å². The molecule has 0 spiro atoms. The van der Waals surface area contributed by atoms with E-state index >= 15 is 0 Å². The minimum atomic E-state index is -4.63. The van der Waals surface area contributed by atoms with Crippen molar-refractivity contribution in [3.05, 3.63) is 33.4 Å². The van der Waals surface area contributed by atoms with E-state index in [2.05, 4.69) is 5.10 Å². The van der Waals surface area contributed by atoms with Gasteiger partial charge in [-0.05, 0) is 12.1 Å². The highest BCUT2D eigenvalue weighted by molar-refractivity contribution is 7.99. The van der Waals surface area contributed by atoms with Gasteiger partial charge in [-0.3, -0.25) is 0 Å². The molecule has 0 radical (unpaired) electrons. The lowest BCUT2D eigenvalue weighted by Gasteiger charge is -2.13. The molecule has 2 aromatic rings. The van der Waals surface area contributed by atoms with Gasteiger partial charge in [0, 0.05) is 0 Å². The van der Waals surface area contributed by atoms with E-state index < -0.39 is 17.7 Å². The first kappa shape index (κ1) is 17.7. The second-order valence-corrected chi connectivity index (χ2v) is 5.86. The summed E-state index contributed by atoms with van der Waals surface area (Å²) in [6.07, 6.45) is -4.63. The topological polar surface area (TPSA) is 67.6 Å². The SMILES string of the molecule is N#Cc1nn(-c2c(Cl)cc(C(F)(F)F)cc2Cl)c(N)c1SCF. The Morgan fingerprint density at radius 1 is 1.30 bits per heavy atom. The second kappa shape index (κ2) is 6.47. The number of alkyl halides is 4. The van der Waals surface area contributed by atoms with Crippen LogP contribution in [0.2, 0.25) is 10.0 Å². The van der Waals surface area contributed by atoms with Crippen LogP contribution in [-0.2, 0) is 6.18 Å². The average Bonchev–Trinajstić information content (AvgIpc) is 2.75. The molecule has 0 atom stereocenters. The lowest BCUT2D eigenvalue weighted by Crippen LogP contribution is -2.08. The summed E-state index contributed by atoms with van der Waals surface area (Å²) in [6.45, 7) is 0. The largest absolute Gasteiger partial charge is 0.416 e. The van der Waals surface area contributed by atoms with E-state index in [1.54, 1.807) is 6.07 Å². The van der Waals surface area contributed by atoms with Crippen molar-refractivity contribution in [2.24, 2.45) is 0 Å². The summed E-state index contributed by atoms with van der Waals surface area (Å²) < 4.78 is 51.6. The van der Waals surface area contributed by atoms with E-state index in [1.807, 2.05) is 0 Å². The molecular formula is C12H6Cl2F4N4S. The Morgan fingerprint density at radius 2 is 1.87 bits per heavy atom. The molecule has 0 aliphatic carbocycles. The zero-order valence-corrected chi connectivity index (χ0v) is 13.3. The number of anilines is 1. The Labute approximate surface area is 141 Å². The molecule has 0 amide bonds. The monoisotopic (exact) mass is 384 g/mol. The van der Waals surface area contributed by atoms with Gasteiger partial charge in [-0.2, -0.15) is 23.5 Å². The molecule has 0 unspecified atom stereocenters. The maximum absolute atomic E-state index is 12.7. The number of thioether (sulfide) groups is 1. The van der Waals surface area contributed by atoms with E-state index in [4.69, 9.17) is 34.2 Å². The van der Waals surface area contributed by atoms with Crippen LogP contribution in [0, 0.1) is 11.3 Å². The number of aromatic nitrogens is 2. The maximum atomic E-state index is 12.7. The second-order valence-electron chi connectivity index (χ2n) is 4.13. The first-order valence-electron chi connectivity index (χ1n) is 5.74. The minimum absolute atomic E-state index is 0.0574. The number of halogens is 6. The summed E-state index contributed by atoms with van der Waals surface area (Å²) >= 11 is 12.4. The van der Waals surface area contributed by atoms with Crippen LogP contribution in [0.4, 0.5) is 23.4 Å². The number of nitrogens with zero attached hydrogens (tertiary/aromatic N) is 3. The molecule has 11 heteroatoms. The van der Waals surface area contributed by atoms with Gasteiger partial charge in [0.25, 0.3) is 0 Å². The van der Waals surface area contributed by atoms with E-state index in [0.29, 0.717) is 23.9 Å². The molecule has 1 aromatic carbocycles. The fourth-order valence-electron chi connectivity index (χ4n) is 1.79. The van der Waals surface area contributed by atoms with Gasteiger partial charge in [0.1, 0.15) is 23.6 Å². The number of hydrogen-bond donors (Lipinski definition) is 1. The van der Waals surface area contributed by atoms with Crippen molar-refractivity contribution in [2.45, 2.75) is 11.1 Å². The molecule has 1 heterocycles. The Kier molecular flexibility index (Phi) is 4.98. The quantitative estimate of drug-likeness (QED) is 0.616. The van der Waals surface area contributed by atoms with Crippen molar-refractivity contribution in [1.29, 1.82) is 5.26 Å². The fourth-order valence-corrected chi connectivity index (χ4v) is 3.00. The smallest absolute Gasteiger partial charge is 0.383 e. The zero-order valence-electron chi connectivity index (χ0n) is 11.0. The highest BCUT2D eigenvalue weighted by Gasteiger charge is 2.32. The third kappa shape index (κ3) is 3.34.